The number of rotatable bonds is 4. The molecule has 1 heterocycles. The SMILES string of the molecule is CN[C@@H]1CCCN(C(=O)c2ccc(OC)c(-c3ccccc3)c2)C1. The summed E-state index contributed by atoms with van der Waals surface area (Å²) in [6.07, 6.45) is 2.16. The first-order valence-electron chi connectivity index (χ1n) is 8.43. The van der Waals surface area contributed by atoms with E-state index in [1.54, 1.807) is 7.11 Å². The highest BCUT2D eigenvalue weighted by Gasteiger charge is 2.24. The van der Waals surface area contributed by atoms with Crippen molar-refractivity contribution in [2.45, 2.75) is 18.9 Å². The zero-order valence-corrected chi connectivity index (χ0v) is 14.3. The standard InChI is InChI=1S/C20H24N2O2/c1-21-17-9-6-12-22(14-17)20(23)16-10-11-19(24-2)18(13-16)15-7-4-3-5-8-15/h3-5,7-8,10-11,13,17,21H,6,9,12,14H2,1-2H3/t17-/m1/s1. The molecule has 1 N–H and O–H groups in total. The first-order chi connectivity index (χ1) is 11.7. The number of nitrogens with one attached hydrogen (secondary N) is 1. The van der Waals surface area contributed by atoms with E-state index in [-0.39, 0.29) is 5.91 Å². The fraction of sp³-hybridized carbons (Fsp3) is 0.350. The monoisotopic (exact) mass is 324 g/mol. The summed E-state index contributed by atoms with van der Waals surface area (Å²) in [7, 11) is 3.62. The summed E-state index contributed by atoms with van der Waals surface area (Å²) in [5, 5.41) is 3.28. The van der Waals surface area contributed by atoms with Gasteiger partial charge in [-0.05, 0) is 43.7 Å². The minimum Gasteiger partial charge on any atom is -0.496 e. The maximum atomic E-state index is 12.9. The summed E-state index contributed by atoms with van der Waals surface area (Å²) in [6, 6.07) is 16.1. The summed E-state index contributed by atoms with van der Waals surface area (Å²) >= 11 is 0. The second-order valence-electron chi connectivity index (χ2n) is 6.16. The minimum atomic E-state index is 0.0924. The number of hydrogen-bond donors (Lipinski definition) is 1. The molecular weight excluding hydrogens is 300 g/mol. The quantitative estimate of drug-likeness (QED) is 0.939. The lowest BCUT2D eigenvalue weighted by Crippen LogP contribution is -2.46. The van der Waals surface area contributed by atoms with Crippen molar-refractivity contribution in [3.8, 4) is 16.9 Å². The van der Waals surface area contributed by atoms with E-state index in [4.69, 9.17) is 4.74 Å². The van der Waals surface area contributed by atoms with Crippen LogP contribution in [0.3, 0.4) is 0 Å². The second kappa shape index (κ2) is 7.49. The zero-order valence-electron chi connectivity index (χ0n) is 14.3. The lowest BCUT2D eigenvalue weighted by molar-refractivity contribution is 0.0698. The lowest BCUT2D eigenvalue weighted by Gasteiger charge is -2.32. The Balaban J connectivity index is 1.90. The molecule has 2 aromatic carbocycles. The number of nitrogens with zero attached hydrogens (tertiary/aromatic N) is 1. The van der Waals surface area contributed by atoms with Crippen LogP contribution in [-0.4, -0.2) is 44.1 Å². The summed E-state index contributed by atoms with van der Waals surface area (Å²) in [5.41, 5.74) is 2.72. The molecule has 1 fully saturated rings. The molecule has 1 amide bonds. The number of carbonyl (C=O) groups excluding carboxylic acids is 1. The Bertz CT molecular complexity index is 700. The van der Waals surface area contributed by atoms with Crippen molar-refractivity contribution >= 4 is 5.91 Å². The van der Waals surface area contributed by atoms with Crippen LogP contribution in [0.1, 0.15) is 23.2 Å². The van der Waals surface area contributed by atoms with Crippen molar-refractivity contribution in [3.05, 3.63) is 54.1 Å². The number of ether oxygens (including phenoxy) is 1. The van der Waals surface area contributed by atoms with Gasteiger partial charge in [0.05, 0.1) is 7.11 Å². The average molecular weight is 324 g/mol. The molecule has 1 aliphatic heterocycles. The Morgan fingerprint density at radius 1 is 1.21 bits per heavy atom. The molecule has 1 aliphatic rings. The summed E-state index contributed by atoms with van der Waals surface area (Å²) < 4.78 is 5.48. The topological polar surface area (TPSA) is 41.6 Å². The van der Waals surface area contributed by atoms with Crippen molar-refractivity contribution in [2.75, 3.05) is 27.2 Å². The lowest BCUT2D eigenvalue weighted by atomic mass is 10.00. The van der Waals surface area contributed by atoms with Gasteiger partial charge in [0.15, 0.2) is 0 Å². The van der Waals surface area contributed by atoms with Gasteiger partial charge in [0.2, 0.25) is 0 Å². The van der Waals surface area contributed by atoms with E-state index in [1.165, 1.54) is 0 Å². The third-order valence-electron chi connectivity index (χ3n) is 4.65. The van der Waals surface area contributed by atoms with E-state index in [1.807, 2.05) is 60.5 Å². The van der Waals surface area contributed by atoms with Gasteiger partial charge >= 0.3 is 0 Å². The molecule has 0 bridgehead atoms. The first-order valence-corrected chi connectivity index (χ1v) is 8.43. The molecule has 0 unspecified atom stereocenters. The third kappa shape index (κ3) is 3.44. The molecule has 4 heteroatoms. The number of piperidine rings is 1. The molecule has 24 heavy (non-hydrogen) atoms. The largest absolute Gasteiger partial charge is 0.496 e. The van der Waals surface area contributed by atoms with Gasteiger partial charge in [-0.3, -0.25) is 4.79 Å². The van der Waals surface area contributed by atoms with Crippen molar-refractivity contribution in [1.29, 1.82) is 0 Å². The van der Waals surface area contributed by atoms with Crippen LogP contribution < -0.4 is 10.1 Å². The molecule has 0 aliphatic carbocycles. The Morgan fingerprint density at radius 3 is 2.71 bits per heavy atom. The van der Waals surface area contributed by atoms with Crippen LogP contribution >= 0.6 is 0 Å². The normalized spacial score (nSPS) is 17.6. The minimum absolute atomic E-state index is 0.0924. The summed E-state index contributed by atoms with van der Waals surface area (Å²) in [6.45, 7) is 1.59. The number of benzene rings is 2. The van der Waals surface area contributed by atoms with Gasteiger partial charge in [0.25, 0.3) is 5.91 Å². The van der Waals surface area contributed by atoms with Crippen molar-refractivity contribution in [3.63, 3.8) is 0 Å². The predicted octanol–water partition coefficient (Wildman–Crippen LogP) is 3.19. The van der Waals surface area contributed by atoms with Crippen LogP contribution in [0.25, 0.3) is 11.1 Å². The average Bonchev–Trinajstić information content (AvgIpc) is 2.67. The number of methoxy groups -OCH3 is 1. The van der Waals surface area contributed by atoms with E-state index < -0.39 is 0 Å². The molecule has 4 nitrogen and oxygen atoms in total. The highest BCUT2D eigenvalue weighted by molar-refractivity contribution is 5.96. The fourth-order valence-corrected chi connectivity index (χ4v) is 3.26. The van der Waals surface area contributed by atoms with E-state index in [0.717, 1.165) is 42.8 Å². The van der Waals surface area contributed by atoms with Crippen LogP contribution in [0.15, 0.2) is 48.5 Å². The summed E-state index contributed by atoms with van der Waals surface area (Å²) in [4.78, 5) is 14.8. The first kappa shape index (κ1) is 16.5. The molecule has 0 saturated carbocycles. The molecule has 0 radical (unpaired) electrons. The van der Waals surface area contributed by atoms with Crippen LogP contribution in [0.2, 0.25) is 0 Å². The maximum Gasteiger partial charge on any atom is 0.253 e. The molecule has 1 saturated heterocycles. The van der Waals surface area contributed by atoms with Gasteiger partial charge < -0.3 is 15.0 Å². The highest BCUT2D eigenvalue weighted by Crippen LogP contribution is 2.31. The third-order valence-corrected chi connectivity index (χ3v) is 4.65. The number of likely N-dealkylation sites (N-methyl/N-ethyl adjacent to an activating group) is 1. The molecule has 1 atom stereocenters. The Kier molecular flexibility index (Phi) is 5.16. The molecule has 2 aromatic rings. The van der Waals surface area contributed by atoms with Gasteiger partial charge in [-0.25, -0.2) is 0 Å². The smallest absolute Gasteiger partial charge is 0.253 e. The number of likely N-dealkylation sites (tertiary alicyclic amines) is 1. The predicted molar refractivity (Wildman–Crippen MR) is 96.4 cm³/mol. The van der Waals surface area contributed by atoms with Crippen LogP contribution in [0, 0.1) is 0 Å². The van der Waals surface area contributed by atoms with Crippen LogP contribution in [0.4, 0.5) is 0 Å². The second-order valence-corrected chi connectivity index (χ2v) is 6.16. The van der Waals surface area contributed by atoms with Gasteiger partial charge in [-0.1, -0.05) is 30.3 Å². The zero-order chi connectivity index (χ0) is 16.9. The van der Waals surface area contributed by atoms with Crippen LogP contribution in [-0.2, 0) is 0 Å². The molecule has 126 valence electrons. The van der Waals surface area contributed by atoms with Crippen LogP contribution in [0.5, 0.6) is 5.75 Å². The van der Waals surface area contributed by atoms with Crippen molar-refractivity contribution < 1.29 is 9.53 Å². The van der Waals surface area contributed by atoms with Gasteiger partial charge in [-0.2, -0.15) is 0 Å². The van der Waals surface area contributed by atoms with E-state index >= 15 is 0 Å². The van der Waals surface area contributed by atoms with E-state index in [9.17, 15) is 4.79 Å². The van der Waals surface area contributed by atoms with Gasteiger partial charge in [-0.15, -0.1) is 0 Å². The highest BCUT2D eigenvalue weighted by atomic mass is 16.5. The summed E-state index contributed by atoms with van der Waals surface area (Å²) in [5.74, 6) is 0.874. The van der Waals surface area contributed by atoms with Crippen molar-refractivity contribution in [2.24, 2.45) is 0 Å². The maximum absolute atomic E-state index is 12.9. The van der Waals surface area contributed by atoms with Gasteiger partial charge in [0, 0.05) is 30.3 Å². The fourth-order valence-electron chi connectivity index (χ4n) is 3.26. The molecule has 0 aromatic heterocycles. The number of carbonyl (C=O) groups is 1. The van der Waals surface area contributed by atoms with E-state index in [0.29, 0.717) is 11.6 Å². The number of amides is 1. The van der Waals surface area contributed by atoms with Crippen molar-refractivity contribution in [1.82, 2.24) is 10.2 Å². The Hall–Kier alpha value is -2.33. The van der Waals surface area contributed by atoms with E-state index in [2.05, 4.69) is 5.32 Å². The molecular formula is C20H24N2O2. The molecule has 3 rings (SSSR count). The number of hydrogen-bond acceptors (Lipinski definition) is 3. The Labute approximate surface area is 143 Å². The Morgan fingerprint density at radius 2 is 2.00 bits per heavy atom. The van der Waals surface area contributed by atoms with Gasteiger partial charge in [0.1, 0.15) is 5.75 Å². The molecule has 0 spiro atoms.